The van der Waals surface area contributed by atoms with Crippen LogP contribution in [0, 0.1) is 11.8 Å². The molecule has 3 heteroatoms. The molecule has 0 aromatic carbocycles. The standard InChI is InChI=1S/C7H12O3/c8-3-4-1-5-2-7(5,10)6(4)9/h4-6,8-10H,1-3H2. The summed E-state index contributed by atoms with van der Waals surface area (Å²) in [5.41, 5.74) is -0.812. The summed E-state index contributed by atoms with van der Waals surface area (Å²) in [7, 11) is 0. The van der Waals surface area contributed by atoms with Crippen molar-refractivity contribution in [1.29, 1.82) is 0 Å². The Hall–Kier alpha value is -0.120. The summed E-state index contributed by atoms with van der Waals surface area (Å²) in [4.78, 5) is 0. The fourth-order valence-corrected chi connectivity index (χ4v) is 2.06. The number of hydrogen-bond donors (Lipinski definition) is 3. The molecule has 0 spiro atoms. The van der Waals surface area contributed by atoms with Crippen molar-refractivity contribution in [1.82, 2.24) is 0 Å². The molecule has 2 saturated carbocycles. The molecule has 3 nitrogen and oxygen atoms in total. The fourth-order valence-electron chi connectivity index (χ4n) is 2.06. The Labute approximate surface area is 59.3 Å². The molecule has 2 rings (SSSR count). The van der Waals surface area contributed by atoms with Gasteiger partial charge < -0.3 is 15.3 Å². The molecule has 58 valence electrons. The normalized spacial score (nSPS) is 58.5. The van der Waals surface area contributed by atoms with Crippen molar-refractivity contribution in [2.45, 2.75) is 24.5 Å². The van der Waals surface area contributed by atoms with Gasteiger partial charge in [-0.25, -0.2) is 0 Å². The minimum atomic E-state index is -0.812. The average Bonchev–Trinajstić information content (AvgIpc) is 2.51. The molecule has 0 aliphatic heterocycles. The Balaban J connectivity index is 2.09. The Morgan fingerprint density at radius 1 is 1.50 bits per heavy atom. The van der Waals surface area contributed by atoms with Crippen LogP contribution < -0.4 is 0 Å². The lowest BCUT2D eigenvalue weighted by molar-refractivity contribution is -0.0258. The molecule has 0 aromatic rings. The van der Waals surface area contributed by atoms with Gasteiger partial charge in [0, 0.05) is 12.5 Å². The topological polar surface area (TPSA) is 60.7 Å². The maximum Gasteiger partial charge on any atom is 0.0941 e. The fraction of sp³-hybridized carbons (Fsp3) is 1.00. The summed E-state index contributed by atoms with van der Waals surface area (Å²) in [5, 5.41) is 27.5. The molecule has 0 aromatic heterocycles. The summed E-state index contributed by atoms with van der Waals surface area (Å²) in [6, 6.07) is 0. The van der Waals surface area contributed by atoms with Crippen molar-refractivity contribution in [2.75, 3.05) is 6.61 Å². The summed E-state index contributed by atoms with van der Waals surface area (Å²) in [6.45, 7) is -0.0000231. The summed E-state index contributed by atoms with van der Waals surface area (Å²) in [5.74, 6) is 0.184. The van der Waals surface area contributed by atoms with Crippen LogP contribution in [-0.4, -0.2) is 33.6 Å². The van der Waals surface area contributed by atoms with Gasteiger partial charge in [0.15, 0.2) is 0 Å². The van der Waals surface area contributed by atoms with Gasteiger partial charge in [0.1, 0.15) is 0 Å². The zero-order valence-corrected chi connectivity index (χ0v) is 5.70. The SMILES string of the molecule is OCC1CC2CC2(O)C1O. The van der Waals surface area contributed by atoms with Crippen molar-refractivity contribution >= 4 is 0 Å². The number of rotatable bonds is 1. The van der Waals surface area contributed by atoms with Gasteiger partial charge >= 0.3 is 0 Å². The van der Waals surface area contributed by atoms with Crippen molar-refractivity contribution < 1.29 is 15.3 Å². The maximum atomic E-state index is 9.48. The van der Waals surface area contributed by atoms with Crippen molar-refractivity contribution in [3.8, 4) is 0 Å². The van der Waals surface area contributed by atoms with Gasteiger partial charge in [0.25, 0.3) is 0 Å². The molecule has 4 unspecified atom stereocenters. The van der Waals surface area contributed by atoms with Gasteiger partial charge in [0.2, 0.25) is 0 Å². The van der Waals surface area contributed by atoms with Crippen molar-refractivity contribution in [2.24, 2.45) is 11.8 Å². The van der Waals surface area contributed by atoms with E-state index in [9.17, 15) is 10.2 Å². The average molecular weight is 144 g/mol. The molecule has 10 heavy (non-hydrogen) atoms. The molecule has 3 N–H and O–H groups in total. The predicted octanol–water partition coefficient (Wildman–Crippen LogP) is -0.890. The molecular formula is C7H12O3. The second-order valence-corrected chi connectivity index (χ2v) is 3.52. The van der Waals surface area contributed by atoms with Crippen LogP contribution >= 0.6 is 0 Å². The molecule has 2 aliphatic rings. The highest BCUT2D eigenvalue weighted by atomic mass is 16.4. The Bertz CT molecular complexity index is 159. The van der Waals surface area contributed by atoms with E-state index in [-0.39, 0.29) is 18.4 Å². The summed E-state index contributed by atoms with van der Waals surface area (Å²) in [6.07, 6.45) is 0.834. The molecule has 2 aliphatic carbocycles. The van der Waals surface area contributed by atoms with E-state index < -0.39 is 11.7 Å². The molecular weight excluding hydrogens is 132 g/mol. The van der Waals surface area contributed by atoms with E-state index in [1.54, 1.807) is 0 Å². The Morgan fingerprint density at radius 2 is 2.20 bits per heavy atom. The lowest BCUT2D eigenvalue weighted by atomic mass is 10.0. The van der Waals surface area contributed by atoms with Crippen LogP contribution in [-0.2, 0) is 0 Å². The molecule has 0 radical (unpaired) electrons. The molecule has 0 amide bonds. The molecule has 0 saturated heterocycles. The molecule has 4 atom stereocenters. The molecule has 0 heterocycles. The van der Waals surface area contributed by atoms with Crippen LogP contribution in [0.15, 0.2) is 0 Å². The van der Waals surface area contributed by atoms with E-state index in [2.05, 4.69) is 0 Å². The first-order valence-corrected chi connectivity index (χ1v) is 3.70. The van der Waals surface area contributed by atoms with Crippen LogP contribution in [0.1, 0.15) is 12.8 Å². The first-order valence-electron chi connectivity index (χ1n) is 3.70. The highest BCUT2D eigenvalue weighted by Gasteiger charge is 2.65. The first kappa shape index (κ1) is 6.58. The molecule has 2 fully saturated rings. The van der Waals surface area contributed by atoms with Gasteiger partial charge in [-0.2, -0.15) is 0 Å². The lowest BCUT2D eigenvalue weighted by Gasteiger charge is -2.17. The van der Waals surface area contributed by atoms with E-state index >= 15 is 0 Å². The molecule has 0 bridgehead atoms. The zero-order chi connectivity index (χ0) is 7.35. The van der Waals surface area contributed by atoms with Gasteiger partial charge in [0.05, 0.1) is 11.7 Å². The Morgan fingerprint density at radius 3 is 2.50 bits per heavy atom. The van der Waals surface area contributed by atoms with E-state index in [0.29, 0.717) is 0 Å². The monoisotopic (exact) mass is 144 g/mol. The van der Waals surface area contributed by atoms with Crippen LogP contribution in [0.3, 0.4) is 0 Å². The van der Waals surface area contributed by atoms with Gasteiger partial charge in [-0.05, 0) is 18.8 Å². The second kappa shape index (κ2) is 1.72. The Kier molecular flexibility index (Phi) is 1.14. The summed E-state index contributed by atoms with van der Waals surface area (Å²) < 4.78 is 0. The van der Waals surface area contributed by atoms with Gasteiger partial charge in [-0.3, -0.25) is 0 Å². The highest BCUT2D eigenvalue weighted by molar-refractivity contribution is 5.15. The highest BCUT2D eigenvalue weighted by Crippen LogP contribution is 2.57. The van der Waals surface area contributed by atoms with Crippen molar-refractivity contribution in [3.63, 3.8) is 0 Å². The first-order chi connectivity index (χ1) is 4.68. The smallest absolute Gasteiger partial charge is 0.0941 e. The number of aliphatic hydroxyl groups excluding tert-OH is 2. The largest absolute Gasteiger partial charge is 0.396 e. The van der Waals surface area contributed by atoms with Crippen LogP contribution in [0.5, 0.6) is 0 Å². The van der Waals surface area contributed by atoms with E-state index in [1.165, 1.54) is 0 Å². The van der Waals surface area contributed by atoms with Gasteiger partial charge in [-0.1, -0.05) is 0 Å². The zero-order valence-electron chi connectivity index (χ0n) is 5.70. The number of aliphatic hydroxyl groups is 3. The quantitative estimate of drug-likeness (QED) is 0.447. The third kappa shape index (κ3) is 0.603. The van der Waals surface area contributed by atoms with E-state index in [0.717, 1.165) is 12.8 Å². The predicted molar refractivity (Wildman–Crippen MR) is 34.3 cm³/mol. The van der Waals surface area contributed by atoms with Gasteiger partial charge in [-0.15, -0.1) is 0 Å². The second-order valence-electron chi connectivity index (χ2n) is 3.52. The summed E-state index contributed by atoms with van der Waals surface area (Å²) >= 11 is 0. The van der Waals surface area contributed by atoms with Crippen LogP contribution in [0.4, 0.5) is 0 Å². The lowest BCUT2D eigenvalue weighted by Crippen LogP contribution is -2.32. The third-order valence-corrected chi connectivity index (χ3v) is 2.90. The minimum absolute atomic E-state index is 0.0000231. The van der Waals surface area contributed by atoms with Crippen LogP contribution in [0.25, 0.3) is 0 Å². The van der Waals surface area contributed by atoms with Crippen LogP contribution in [0.2, 0.25) is 0 Å². The minimum Gasteiger partial charge on any atom is -0.396 e. The maximum absolute atomic E-state index is 9.48. The number of fused-ring (bicyclic) bond motifs is 1. The van der Waals surface area contributed by atoms with E-state index in [4.69, 9.17) is 5.11 Å². The van der Waals surface area contributed by atoms with Crippen molar-refractivity contribution in [3.05, 3.63) is 0 Å². The van der Waals surface area contributed by atoms with E-state index in [1.807, 2.05) is 0 Å². The third-order valence-electron chi connectivity index (χ3n) is 2.90. The number of hydrogen-bond acceptors (Lipinski definition) is 3.